The van der Waals surface area contributed by atoms with E-state index in [-0.39, 0.29) is 12.3 Å². The molecule has 0 radical (unpaired) electrons. The first kappa shape index (κ1) is 7.80. The third-order valence-corrected chi connectivity index (χ3v) is 2.94. The molecule has 3 heteroatoms. The van der Waals surface area contributed by atoms with E-state index in [1.54, 1.807) is 0 Å². The lowest BCUT2D eigenvalue weighted by Gasteiger charge is -2.27. The number of fused-ring (bicyclic) bond motifs is 2. The number of allylic oxidation sites excluding steroid dienone is 1. The molecule has 1 saturated carbocycles. The summed E-state index contributed by atoms with van der Waals surface area (Å²) in [6.07, 6.45) is 5.49. The number of carbonyl (C=O) groups is 1. The second-order valence-electron chi connectivity index (χ2n) is 3.87. The molecule has 2 bridgehead atoms. The van der Waals surface area contributed by atoms with Crippen molar-refractivity contribution in [3.8, 4) is 0 Å². The molecule has 3 nitrogen and oxygen atoms in total. The smallest absolute Gasteiger partial charge is 0.306 e. The molecule has 0 aromatic heterocycles. The van der Waals surface area contributed by atoms with E-state index < -0.39 is 11.6 Å². The van der Waals surface area contributed by atoms with Crippen LogP contribution in [0.3, 0.4) is 0 Å². The third-order valence-electron chi connectivity index (χ3n) is 2.94. The normalized spacial score (nSPS) is 43.8. The number of hydrogen-bond donors (Lipinski definition) is 2. The second kappa shape index (κ2) is 2.33. The van der Waals surface area contributed by atoms with Gasteiger partial charge in [-0.1, -0.05) is 12.2 Å². The summed E-state index contributed by atoms with van der Waals surface area (Å²) in [5.74, 6) is -0.406. The summed E-state index contributed by atoms with van der Waals surface area (Å²) < 4.78 is 0. The first-order chi connectivity index (χ1) is 5.60. The maximum atomic E-state index is 10.5. The van der Waals surface area contributed by atoms with E-state index >= 15 is 0 Å². The van der Waals surface area contributed by atoms with Gasteiger partial charge in [0.05, 0.1) is 12.0 Å². The molecule has 0 aromatic rings. The van der Waals surface area contributed by atoms with Crippen LogP contribution in [-0.4, -0.2) is 21.8 Å². The molecule has 2 N–H and O–H groups in total. The molecule has 3 unspecified atom stereocenters. The van der Waals surface area contributed by atoms with E-state index in [4.69, 9.17) is 5.11 Å². The van der Waals surface area contributed by atoms with Crippen molar-refractivity contribution in [1.82, 2.24) is 0 Å². The van der Waals surface area contributed by atoms with Crippen molar-refractivity contribution in [2.45, 2.75) is 24.9 Å². The van der Waals surface area contributed by atoms with Gasteiger partial charge in [0.2, 0.25) is 0 Å². The predicted molar refractivity (Wildman–Crippen MR) is 42.6 cm³/mol. The predicted octanol–water partition coefficient (Wildman–Crippen LogP) is 0.788. The summed E-state index contributed by atoms with van der Waals surface area (Å²) in [4.78, 5) is 10.5. The standard InChI is InChI=1S/C9H12O3/c10-8(11)5-9(12)4-6-1-2-7(9)3-6/h1-2,6-7,12H,3-5H2,(H,10,11). The molecule has 2 aliphatic carbocycles. The minimum absolute atomic E-state index is 0.0820. The van der Waals surface area contributed by atoms with E-state index in [2.05, 4.69) is 6.08 Å². The average molecular weight is 168 g/mol. The maximum Gasteiger partial charge on any atom is 0.306 e. The summed E-state index contributed by atoms with van der Waals surface area (Å²) >= 11 is 0. The van der Waals surface area contributed by atoms with Crippen molar-refractivity contribution in [3.05, 3.63) is 12.2 Å². The number of carboxylic acids is 1. The maximum absolute atomic E-state index is 10.5. The molecule has 0 aliphatic heterocycles. The van der Waals surface area contributed by atoms with Crippen molar-refractivity contribution in [2.24, 2.45) is 11.8 Å². The minimum Gasteiger partial charge on any atom is -0.481 e. The first-order valence-electron chi connectivity index (χ1n) is 4.23. The van der Waals surface area contributed by atoms with Crippen LogP contribution in [0.5, 0.6) is 0 Å². The lowest BCUT2D eigenvalue weighted by Crippen LogP contribution is -2.35. The van der Waals surface area contributed by atoms with Crippen molar-refractivity contribution >= 4 is 5.97 Å². The largest absolute Gasteiger partial charge is 0.481 e. The third kappa shape index (κ3) is 1.05. The van der Waals surface area contributed by atoms with Crippen LogP contribution in [0.1, 0.15) is 19.3 Å². The lowest BCUT2D eigenvalue weighted by atomic mass is 9.85. The highest BCUT2D eigenvalue weighted by Crippen LogP contribution is 2.47. The highest BCUT2D eigenvalue weighted by molar-refractivity contribution is 5.68. The van der Waals surface area contributed by atoms with Gasteiger partial charge in [-0.2, -0.15) is 0 Å². The Balaban J connectivity index is 2.13. The van der Waals surface area contributed by atoms with Gasteiger partial charge in [0.15, 0.2) is 0 Å². The van der Waals surface area contributed by atoms with Gasteiger partial charge in [0.25, 0.3) is 0 Å². The van der Waals surface area contributed by atoms with Crippen LogP contribution in [0.15, 0.2) is 12.2 Å². The molecule has 0 saturated heterocycles. The van der Waals surface area contributed by atoms with Crippen LogP contribution in [0.4, 0.5) is 0 Å². The fourth-order valence-electron chi connectivity index (χ4n) is 2.39. The van der Waals surface area contributed by atoms with Crippen LogP contribution in [0, 0.1) is 11.8 Å². The molecule has 2 aliphatic rings. The van der Waals surface area contributed by atoms with Gasteiger partial charge < -0.3 is 10.2 Å². The van der Waals surface area contributed by atoms with Gasteiger partial charge in [-0.05, 0) is 18.8 Å². The van der Waals surface area contributed by atoms with Gasteiger partial charge in [-0.3, -0.25) is 4.79 Å². The average Bonchev–Trinajstić information content (AvgIpc) is 2.42. The summed E-state index contributed by atoms with van der Waals surface area (Å²) in [6.45, 7) is 0. The number of carboxylic acid groups (broad SMARTS) is 1. The molecule has 12 heavy (non-hydrogen) atoms. The van der Waals surface area contributed by atoms with E-state index in [9.17, 15) is 9.90 Å². The molecule has 0 heterocycles. The Labute approximate surface area is 70.7 Å². The fraction of sp³-hybridized carbons (Fsp3) is 0.667. The second-order valence-corrected chi connectivity index (χ2v) is 3.87. The summed E-state index contributed by atoms with van der Waals surface area (Å²) in [5.41, 5.74) is -0.953. The van der Waals surface area contributed by atoms with E-state index in [1.807, 2.05) is 6.08 Å². The molecular formula is C9H12O3. The van der Waals surface area contributed by atoms with E-state index in [0.717, 1.165) is 6.42 Å². The first-order valence-corrected chi connectivity index (χ1v) is 4.23. The molecule has 0 spiro atoms. The Kier molecular flexibility index (Phi) is 1.51. The zero-order valence-electron chi connectivity index (χ0n) is 6.73. The highest BCUT2D eigenvalue weighted by Gasteiger charge is 2.48. The van der Waals surface area contributed by atoms with Crippen LogP contribution in [-0.2, 0) is 4.79 Å². The molecule has 3 atom stereocenters. The molecular weight excluding hydrogens is 156 g/mol. The van der Waals surface area contributed by atoms with Crippen molar-refractivity contribution in [1.29, 1.82) is 0 Å². The van der Waals surface area contributed by atoms with Gasteiger partial charge in [0, 0.05) is 5.92 Å². The Morgan fingerprint density at radius 3 is 2.75 bits per heavy atom. The SMILES string of the molecule is O=C(O)CC1(O)CC2C=CC1C2. The summed E-state index contributed by atoms with van der Waals surface area (Å²) in [5, 5.41) is 18.5. The topological polar surface area (TPSA) is 57.5 Å². The molecule has 66 valence electrons. The number of aliphatic hydroxyl groups is 1. The Morgan fingerprint density at radius 1 is 1.58 bits per heavy atom. The molecule has 1 fully saturated rings. The molecule has 0 aromatic carbocycles. The van der Waals surface area contributed by atoms with Gasteiger partial charge in [-0.15, -0.1) is 0 Å². The van der Waals surface area contributed by atoms with Crippen LogP contribution in [0.25, 0.3) is 0 Å². The van der Waals surface area contributed by atoms with Crippen molar-refractivity contribution < 1.29 is 15.0 Å². The van der Waals surface area contributed by atoms with E-state index in [1.165, 1.54) is 0 Å². The van der Waals surface area contributed by atoms with Gasteiger partial charge >= 0.3 is 5.97 Å². The molecule has 2 rings (SSSR count). The van der Waals surface area contributed by atoms with E-state index in [0.29, 0.717) is 12.3 Å². The number of rotatable bonds is 2. The summed E-state index contributed by atoms with van der Waals surface area (Å²) in [7, 11) is 0. The Hall–Kier alpha value is -0.830. The van der Waals surface area contributed by atoms with Gasteiger partial charge in [-0.25, -0.2) is 0 Å². The monoisotopic (exact) mass is 168 g/mol. The van der Waals surface area contributed by atoms with Gasteiger partial charge in [0.1, 0.15) is 0 Å². The highest BCUT2D eigenvalue weighted by atomic mass is 16.4. The Morgan fingerprint density at radius 2 is 2.33 bits per heavy atom. The fourth-order valence-corrected chi connectivity index (χ4v) is 2.39. The van der Waals surface area contributed by atoms with Crippen molar-refractivity contribution in [2.75, 3.05) is 0 Å². The van der Waals surface area contributed by atoms with Crippen LogP contribution in [0.2, 0.25) is 0 Å². The number of aliphatic carboxylic acids is 1. The van der Waals surface area contributed by atoms with Crippen LogP contribution < -0.4 is 0 Å². The zero-order valence-corrected chi connectivity index (χ0v) is 6.73. The van der Waals surface area contributed by atoms with Crippen molar-refractivity contribution in [3.63, 3.8) is 0 Å². The Bertz CT molecular complexity index is 246. The molecule has 0 amide bonds. The minimum atomic E-state index is -0.953. The quantitative estimate of drug-likeness (QED) is 0.599. The zero-order chi connectivity index (χ0) is 8.77. The number of hydrogen-bond acceptors (Lipinski definition) is 2. The lowest BCUT2D eigenvalue weighted by molar-refractivity contribution is -0.143. The van der Waals surface area contributed by atoms with Crippen LogP contribution >= 0.6 is 0 Å². The summed E-state index contributed by atoms with van der Waals surface area (Å²) in [6, 6.07) is 0.